The number of ether oxygens (including phenoxy) is 2. The molecule has 0 aliphatic rings. The first-order valence-corrected chi connectivity index (χ1v) is 5.56. The van der Waals surface area contributed by atoms with Crippen LogP contribution < -0.4 is 4.74 Å². The van der Waals surface area contributed by atoms with E-state index >= 15 is 0 Å². The third-order valence-corrected chi connectivity index (χ3v) is 2.28. The second-order valence-corrected chi connectivity index (χ2v) is 3.53. The van der Waals surface area contributed by atoms with Gasteiger partial charge in [0.2, 0.25) is 0 Å². The lowest BCUT2D eigenvalue weighted by atomic mass is 10.2. The summed E-state index contributed by atoms with van der Waals surface area (Å²) in [5.74, 6) is 0.515. The summed E-state index contributed by atoms with van der Waals surface area (Å²) in [4.78, 5) is 0. The van der Waals surface area contributed by atoms with Crippen LogP contribution in [0.25, 0.3) is 0 Å². The molecule has 0 heterocycles. The molecule has 0 bridgehead atoms. The van der Waals surface area contributed by atoms with Gasteiger partial charge in [0.05, 0.1) is 0 Å². The van der Waals surface area contributed by atoms with Crippen LogP contribution in [0.4, 0.5) is 13.2 Å². The maximum Gasteiger partial charge on any atom is 0.411 e. The van der Waals surface area contributed by atoms with Gasteiger partial charge in [0, 0.05) is 10.9 Å². The summed E-state index contributed by atoms with van der Waals surface area (Å²) in [6, 6.07) is 7.05. The quantitative estimate of drug-likeness (QED) is 0.471. The topological polar surface area (TPSA) is 18.5 Å². The van der Waals surface area contributed by atoms with E-state index < -0.39 is 19.6 Å². The predicted molar refractivity (Wildman–Crippen MR) is 56.6 cm³/mol. The van der Waals surface area contributed by atoms with Crippen molar-refractivity contribution >= 4 is 15.9 Å². The van der Waals surface area contributed by atoms with Gasteiger partial charge in [-0.1, -0.05) is 34.1 Å². The zero-order valence-electron chi connectivity index (χ0n) is 8.26. The molecule has 2 nitrogen and oxygen atoms in total. The smallest absolute Gasteiger partial charge is 0.411 e. The van der Waals surface area contributed by atoms with Gasteiger partial charge < -0.3 is 9.47 Å². The molecule has 0 N–H and O–H groups in total. The van der Waals surface area contributed by atoms with Crippen LogP contribution in [0.1, 0.15) is 5.56 Å². The number of alkyl halides is 4. The maximum absolute atomic E-state index is 11.7. The Hall–Kier alpha value is -0.750. The average molecular weight is 299 g/mol. The van der Waals surface area contributed by atoms with Crippen molar-refractivity contribution in [3.63, 3.8) is 0 Å². The standard InChI is InChI=1S/C10H10BrF3O2/c11-5-8-3-1-2-4-9(8)16-7-15-6-10(12,13)14/h1-4H,5-7H2. The van der Waals surface area contributed by atoms with E-state index in [1.54, 1.807) is 12.1 Å². The van der Waals surface area contributed by atoms with Gasteiger partial charge in [-0.2, -0.15) is 13.2 Å². The summed E-state index contributed by atoms with van der Waals surface area (Å²) in [6.45, 7) is -1.72. The van der Waals surface area contributed by atoms with Gasteiger partial charge in [-0.15, -0.1) is 0 Å². The molecule has 1 aromatic carbocycles. The van der Waals surface area contributed by atoms with Crippen molar-refractivity contribution in [1.29, 1.82) is 0 Å². The highest BCUT2D eigenvalue weighted by Gasteiger charge is 2.27. The highest BCUT2D eigenvalue weighted by atomic mass is 79.9. The molecule has 0 atom stereocenters. The zero-order valence-corrected chi connectivity index (χ0v) is 9.85. The molecule has 90 valence electrons. The first-order valence-electron chi connectivity index (χ1n) is 4.44. The van der Waals surface area contributed by atoms with Gasteiger partial charge in [0.25, 0.3) is 0 Å². The van der Waals surface area contributed by atoms with Gasteiger partial charge in [-0.3, -0.25) is 0 Å². The first-order chi connectivity index (χ1) is 7.53. The third kappa shape index (κ3) is 4.85. The van der Waals surface area contributed by atoms with E-state index in [0.717, 1.165) is 5.56 Å². The van der Waals surface area contributed by atoms with E-state index in [9.17, 15) is 13.2 Å². The number of halogens is 4. The van der Waals surface area contributed by atoms with E-state index in [4.69, 9.17) is 4.74 Å². The van der Waals surface area contributed by atoms with E-state index in [2.05, 4.69) is 20.7 Å². The van der Waals surface area contributed by atoms with Crippen molar-refractivity contribution in [2.24, 2.45) is 0 Å². The molecule has 0 amide bonds. The Morgan fingerprint density at radius 1 is 1.19 bits per heavy atom. The lowest BCUT2D eigenvalue weighted by Crippen LogP contribution is -2.19. The fourth-order valence-corrected chi connectivity index (χ4v) is 1.48. The fourth-order valence-electron chi connectivity index (χ4n) is 1.02. The molecule has 0 aliphatic heterocycles. The Morgan fingerprint density at radius 3 is 2.50 bits per heavy atom. The Morgan fingerprint density at radius 2 is 1.88 bits per heavy atom. The number of para-hydroxylation sites is 1. The molecule has 1 aromatic rings. The van der Waals surface area contributed by atoms with Crippen LogP contribution in [0.2, 0.25) is 0 Å². The highest BCUT2D eigenvalue weighted by molar-refractivity contribution is 9.08. The minimum absolute atomic E-state index is 0.413. The number of hydrogen-bond acceptors (Lipinski definition) is 2. The fraction of sp³-hybridized carbons (Fsp3) is 0.400. The molecule has 0 saturated heterocycles. The molecule has 0 unspecified atom stereocenters. The minimum Gasteiger partial charge on any atom is -0.467 e. The van der Waals surface area contributed by atoms with E-state index in [0.29, 0.717) is 11.1 Å². The van der Waals surface area contributed by atoms with Crippen molar-refractivity contribution in [3.8, 4) is 5.75 Å². The van der Waals surface area contributed by atoms with Crippen LogP contribution in [0.5, 0.6) is 5.75 Å². The molecule has 0 radical (unpaired) electrons. The molecular formula is C10H10BrF3O2. The Kier molecular flexibility index (Phi) is 5.08. The van der Waals surface area contributed by atoms with Gasteiger partial charge >= 0.3 is 6.18 Å². The van der Waals surface area contributed by atoms with E-state index in [-0.39, 0.29) is 0 Å². The van der Waals surface area contributed by atoms with E-state index in [1.807, 2.05) is 12.1 Å². The third-order valence-electron chi connectivity index (χ3n) is 1.68. The monoisotopic (exact) mass is 298 g/mol. The SMILES string of the molecule is FC(F)(F)COCOc1ccccc1CBr. The van der Waals surface area contributed by atoms with Crippen molar-refractivity contribution < 1.29 is 22.6 Å². The molecular weight excluding hydrogens is 289 g/mol. The van der Waals surface area contributed by atoms with Crippen LogP contribution in [0.3, 0.4) is 0 Å². The molecule has 0 spiro atoms. The molecule has 1 rings (SSSR count). The van der Waals surface area contributed by atoms with Crippen LogP contribution in [0.15, 0.2) is 24.3 Å². The number of hydrogen-bond donors (Lipinski definition) is 0. The van der Waals surface area contributed by atoms with E-state index in [1.165, 1.54) is 0 Å². The van der Waals surface area contributed by atoms with Crippen molar-refractivity contribution in [2.45, 2.75) is 11.5 Å². The van der Waals surface area contributed by atoms with Crippen LogP contribution >= 0.6 is 15.9 Å². The summed E-state index contributed by atoms with van der Waals surface area (Å²) in [5, 5.41) is 0.572. The second kappa shape index (κ2) is 6.10. The average Bonchev–Trinajstić information content (AvgIpc) is 2.23. The molecule has 0 fully saturated rings. The second-order valence-electron chi connectivity index (χ2n) is 2.97. The molecule has 0 aromatic heterocycles. The minimum atomic E-state index is -4.32. The normalized spacial score (nSPS) is 11.5. The number of rotatable bonds is 5. The maximum atomic E-state index is 11.7. The van der Waals surface area contributed by atoms with Gasteiger partial charge in [-0.05, 0) is 6.07 Å². The molecule has 0 saturated carbocycles. The number of benzene rings is 1. The van der Waals surface area contributed by atoms with Gasteiger partial charge in [-0.25, -0.2) is 0 Å². The van der Waals surface area contributed by atoms with Gasteiger partial charge in [0.15, 0.2) is 6.79 Å². The summed E-state index contributed by atoms with van der Waals surface area (Å²) in [7, 11) is 0. The highest BCUT2D eigenvalue weighted by Crippen LogP contribution is 2.20. The molecule has 6 heteroatoms. The van der Waals surface area contributed by atoms with Crippen molar-refractivity contribution in [2.75, 3.05) is 13.4 Å². The lowest BCUT2D eigenvalue weighted by Gasteiger charge is -2.11. The largest absolute Gasteiger partial charge is 0.467 e. The Labute approximate surface area is 99.5 Å². The lowest BCUT2D eigenvalue weighted by molar-refractivity contribution is -0.186. The summed E-state index contributed by atoms with van der Waals surface area (Å²) in [5.41, 5.74) is 0.859. The predicted octanol–water partition coefficient (Wildman–Crippen LogP) is 3.50. The first kappa shape index (κ1) is 13.3. The zero-order chi connectivity index (χ0) is 12.0. The van der Waals surface area contributed by atoms with Crippen LogP contribution in [-0.4, -0.2) is 19.6 Å². The Bertz CT molecular complexity index is 328. The molecule has 0 aliphatic carbocycles. The van der Waals surface area contributed by atoms with Crippen molar-refractivity contribution in [1.82, 2.24) is 0 Å². The van der Waals surface area contributed by atoms with Gasteiger partial charge in [0.1, 0.15) is 12.4 Å². The summed E-state index contributed by atoms with van der Waals surface area (Å²) >= 11 is 3.25. The summed E-state index contributed by atoms with van der Waals surface area (Å²) in [6.07, 6.45) is -4.32. The van der Waals surface area contributed by atoms with Crippen molar-refractivity contribution in [3.05, 3.63) is 29.8 Å². The van der Waals surface area contributed by atoms with Crippen LogP contribution in [-0.2, 0) is 10.1 Å². The Balaban J connectivity index is 2.37. The summed E-state index contributed by atoms with van der Waals surface area (Å²) < 4.78 is 44.6. The molecule has 16 heavy (non-hydrogen) atoms. The van der Waals surface area contributed by atoms with Crippen LogP contribution in [0, 0.1) is 0 Å².